The number of rotatable bonds is 2. The van der Waals surface area contributed by atoms with E-state index in [0.29, 0.717) is 31.7 Å². The fourth-order valence-electron chi connectivity index (χ4n) is 3.92. The van der Waals surface area contributed by atoms with Gasteiger partial charge < -0.3 is 24.5 Å². The van der Waals surface area contributed by atoms with E-state index in [0.717, 1.165) is 5.46 Å². The van der Waals surface area contributed by atoms with Gasteiger partial charge in [-0.3, -0.25) is 4.98 Å². The number of hydrogen-bond acceptors (Lipinski definition) is 6. The maximum atomic E-state index is 11.2. The molecule has 3 saturated heterocycles. The summed E-state index contributed by atoms with van der Waals surface area (Å²) in [7, 11) is -0.429. The van der Waals surface area contributed by atoms with Crippen LogP contribution in [-0.2, 0) is 19.6 Å². The number of nitrogens with zero attached hydrogens (tertiary/aromatic N) is 1. The highest BCUT2D eigenvalue weighted by molar-refractivity contribution is 6.62. The molecule has 0 saturated carbocycles. The van der Waals surface area contributed by atoms with Crippen LogP contribution in [0.3, 0.4) is 0 Å². The second-order valence-electron chi connectivity index (χ2n) is 8.60. The van der Waals surface area contributed by atoms with Crippen molar-refractivity contribution in [3.63, 3.8) is 0 Å². The second-order valence-corrected chi connectivity index (χ2v) is 8.60. The third-order valence-corrected chi connectivity index (χ3v) is 6.07. The summed E-state index contributed by atoms with van der Waals surface area (Å²) >= 11 is 0. The van der Waals surface area contributed by atoms with Crippen LogP contribution in [0.4, 0.5) is 0 Å². The van der Waals surface area contributed by atoms with E-state index in [-0.39, 0.29) is 23.3 Å². The van der Waals surface area contributed by atoms with Gasteiger partial charge in [0.25, 0.3) is 0 Å². The van der Waals surface area contributed by atoms with Crippen molar-refractivity contribution in [2.75, 3.05) is 13.2 Å². The predicted octanol–water partition coefficient (Wildman–Crippen LogP) is 0.719. The maximum Gasteiger partial charge on any atom is 0.496 e. The van der Waals surface area contributed by atoms with Crippen LogP contribution in [0.5, 0.6) is 0 Å². The molecule has 3 fully saturated rings. The minimum Gasteiger partial charge on any atom is -0.399 e. The zero-order chi connectivity index (χ0) is 17.9. The minimum atomic E-state index is -0.904. The van der Waals surface area contributed by atoms with Gasteiger partial charge in [-0.25, -0.2) is 0 Å². The van der Waals surface area contributed by atoms with Crippen LogP contribution in [0.2, 0.25) is 0 Å². The summed E-state index contributed by atoms with van der Waals surface area (Å²) in [5, 5.41) is 14.6. The van der Waals surface area contributed by atoms with Crippen molar-refractivity contribution in [3.05, 3.63) is 24.0 Å². The smallest absolute Gasteiger partial charge is 0.399 e. The molecule has 0 radical (unpaired) electrons. The highest BCUT2D eigenvalue weighted by atomic mass is 16.7. The van der Waals surface area contributed by atoms with Gasteiger partial charge in [-0.1, -0.05) is 6.07 Å². The first-order valence-electron chi connectivity index (χ1n) is 9.07. The third-order valence-electron chi connectivity index (χ3n) is 6.07. The summed E-state index contributed by atoms with van der Waals surface area (Å²) in [6, 6.07) is 4.23. The first-order valence-corrected chi connectivity index (χ1v) is 9.07. The number of pyridine rings is 1. The molecule has 4 rings (SSSR count). The molecule has 3 aliphatic rings. The van der Waals surface area contributed by atoms with E-state index >= 15 is 0 Å². The van der Waals surface area contributed by atoms with Gasteiger partial charge in [0.05, 0.1) is 30.1 Å². The number of aliphatic hydroxyl groups is 1. The molecule has 0 amide bonds. The largest absolute Gasteiger partial charge is 0.496 e. The predicted molar refractivity (Wildman–Crippen MR) is 94.6 cm³/mol. The standard InChI is InChI=1S/C18H27BN2O4/c1-16(2)17(3,4)25-19(24-16)12-5-6-15(20-9-12)18(22)7-13-10-23-11-14(8-18)21-13/h5-6,9,13-14,21-22H,7-8,10-11H2,1-4H3. The van der Waals surface area contributed by atoms with Crippen molar-refractivity contribution in [2.45, 2.75) is 69.4 Å². The zero-order valence-electron chi connectivity index (χ0n) is 15.4. The van der Waals surface area contributed by atoms with Gasteiger partial charge in [-0.05, 0) is 46.6 Å². The number of ether oxygens (including phenoxy) is 1. The van der Waals surface area contributed by atoms with Crippen LogP contribution in [0, 0.1) is 0 Å². The van der Waals surface area contributed by atoms with Gasteiger partial charge in [0, 0.05) is 23.7 Å². The number of nitrogens with one attached hydrogen (secondary N) is 1. The molecule has 1 aromatic rings. The summed E-state index contributed by atoms with van der Waals surface area (Å²) in [5.41, 5.74) is -0.0597. The Morgan fingerprint density at radius 2 is 1.68 bits per heavy atom. The van der Waals surface area contributed by atoms with Gasteiger partial charge in [-0.15, -0.1) is 0 Å². The molecule has 0 spiro atoms. The Kier molecular flexibility index (Phi) is 4.01. The topological polar surface area (TPSA) is 72.8 Å². The van der Waals surface area contributed by atoms with Gasteiger partial charge >= 0.3 is 7.12 Å². The van der Waals surface area contributed by atoms with E-state index < -0.39 is 12.7 Å². The van der Waals surface area contributed by atoms with Gasteiger partial charge in [-0.2, -0.15) is 0 Å². The molecule has 2 unspecified atom stereocenters. The minimum absolute atomic E-state index is 0.182. The fourth-order valence-corrected chi connectivity index (χ4v) is 3.92. The summed E-state index contributed by atoms with van der Waals surface area (Å²) in [6.45, 7) is 9.43. The Bertz CT molecular complexity index is 621. The molecular weight excluding hydrogens is 319 g/mol. The molecule has 2 bridgehead atoms. The molecule has 6 nitrogen and oxygen atoms in total. The molecule has 4 heterocycles. The molecular formula is C18H27BN2O4. The van der Waals surface area contributed by atoms with E-state index in [1.165, 1.54) is 0 Å². The van der Waals surface area contributed by atoms with Crippen LogP contribution < -0.4 is 10.8 Å². The summed E-state index contributed by atoms with van der Waals surface area (Å²) in [4.78, 5) is 4.56. The van der Waals surface area contributed by atoms with Gasteiger partial charge in [0.15, 0.2) is 0 Å². The lowest BCUT2D eigenvalue weighted by Crippen LogP contribution is -2.58. The van der Waals surface area contributed by atoms with Crippen LogP contribution in [0.25, 0.3) is 0 Å². The van der Waals surface area contributed by atoms with Crippen LogP contribution in [-0.4, -0.2) is 53.7 Å². The maximum absolute atomic E-state index is 11.2. The average Bonchev–Trinajstić information content (AvgIpc) is 2.75. The Morgan fingerprint density at radius 3 is 2.20 bits per heavy atom. The number of fused-ring (bicyclic) bond motifs is 2. The molecule has 1 aromatic heterocycles. The molecule has 0 aliphatic carbocycles. The molecule has 0 aromatic carbocycles. The second kappa shape index (κ2) is 5.76. The molecule has 2 N–H and O–H groups in total. The number of aromatic nitrogens is 1. The zero-order valence-corrected chi connectivity index (χ0v) is 15.4. The van der Waals surface area contributed by atoms with Crippen molar-refractivity contribution in [2.24, 2.45) is 0 Å². The van der Waals surface area contributed by atoms with E-state index in [9.17, 15) is 5.11 Å². The average molecular weight is 346 g/mol. The molecule has 136 valence electrons. The Morgan fingerprint density at radius 1 is 1.08 bits per heavy atom. The summed E-state index contributed by atoms with van der Waals surface area (Å²) < 4.78 is 17.7. The highest BCUT2D eigenvalue weighted by Gasteiger charge is 2.52. The molecule has 2 atom stereocenters. The Labute approximate surface area is 149 Å². The van der Waals surface area contributed by atoms with Crippen LogP contribution in [0.15, 0.2) is 18.3 Å². The number of hydrogen-bond donors (Lipinski definition) is 2. The summed E-state index contributed by atoms with van der Waals surface area (Å²) in [6.07, 6.45) is 3.00. The highest BCUT2D eigenvalue weighted by Crippen LogP contribution is 2.37. The Hall–Kier alpha value is -0.985. The van der Waals surface area contributed by atoms with Crippen molar-refractivity contribution in [1.82, 2.24) is 10.3 Å². The molecule has 7 heteroatoms. The van der Waals surface area contributed by atoms with Gasteiger partial charge in [0.2, 0.25) is 0 Å². The van der Waals surface area contributed by atoms with E-state index in [2.05, 4.69) is 10.3 Å². The SMILES string of the molecule is CC1(C)OB(c2ccc(C3(O)CC4COCC(C3)N4)nc2)OC1(C)C. The quantitative estimate of drug-likeness (QED) is 0.769. The normalized spacial score (nSPS) is 36.4. The lowest BCUT2D eigenvalue weighted by atomic mass is 9.77. The van der Waals surface area contributed by atoms with E-state index in [1.54, 1.807) is 6.20 Å². The van der Waals surface area contributed by atoms with Crippen molar-refractivity contribution < 1.29 is 19.2 Å². The number of piperidine rings is 1. The first-order chi connectivity index (χ1) is 11.7. The molecule has 25 heavy (non-hydrogen) atoms. The molecule has 3 aliphatic heterocycles. The number of morpholine rings is 1. The van der Waals surface area contributed by atoms with Crippen molar-refractivity contribution in [3.8, 4) is 0 Å². The lowest BCUT2D eigenvalue weighted by Gasteiger charge is -2.44. The van der Waals surface area contributed by atoms with E-state index in [1.807, 2.05) is 39.8 Å². The Balaban J connectivity index is 1.53. The monoisotopic (exact) mass is 346 g/mol. The third kappa shape index (κ3) is 3.02. The fraction of sp³-hybridized carbons (Fsp3) is 0.722. The lowest BCUT2D eigenvalue weighted by molar-refractivity contribution is -0.0823. The van der Waals surface area contributed by atoms with Crippen molar-refractivity contribution >= 4 is 12.6 Å². The van der Waals surface area contributed by atoms with Crippen molar-refractivity contribution in [1.29, 1.82) is 0 Å². The van der Waals surface area contributed by atoms with Crippen LogP contribution in [0.1, 0.15) is 46.2 Å². The summed E-state index contributed by atoms with van der Waals surface area (Å²) in [5.74, 6) is 0. The van der Waals surface area contributed by atoms with E-state index in [4.69, 9.17) is 14.0 Å². The first kappa shape index (κ1) is 17.4. The van der Waals surface area contributed by atoms with Gasteiger partial charge in [0.1, 0.15) is 5.60 Å². The van der Waals surface area contributed by atoms with Crippen LogP contribution >= 0.6 is 0 Å².